The number of nitrogens with zero attached hydrogens (tertiary/aromatic N) is 4. The molecule has 2 aromatic carbocycles. The van der Waals surface area contributed by atoms with Gasteiger partial charge in [0.05, 0.1) is 9.60 Å². The molecule has 12 heteroatoms. The van der Waals surface area contributed by atoms with Crippen molar-refractivity contribution in [3.05, 3.63) is 53.6 Å². The van der Waals surface area contributed by atoms with Crippen molar-refractivity contribution in [1.82, 2.24) is 14.2 Å². The number of anilines is 1. The van der Waals surface area contributed by atoms with Gasteiger partial charge in [0.1, 0.15) is 11.3 Å². The number of carbonyl (C=O) groups excluding carboxylic acids is 1. The molecule has 0 N–H and O–H groups in total. The van der Waals surface area contributed by atoms with Crippen LogP contribution in [0.3, 0.4) is 0 Å². The van der Waals surface area contributed by atoms with Crippen LogP contribution in [0.25, 0.3) is 10.2 Å². The summed E-state index contributed by atoms with van der Waals surface area (Å²) in [7, 11) is 0.248. The van der Waals surface area contributed by atoms with Crippen molar-refractivity contribution in [2.24, 2.45) is 0 Å². The van der Waals surface area contributed by atoms with Crippen LogP contribution in [0.15, 0.2) is 41.3 Å². The van der Waals surface area contributed by atoms with Crippen molar-refractivity contribution in [2.45, 2.75) is 24.2 Å². The van der Waals surface area contributed by atoms with Crippen LogP contribution in [-0.2, 0) is 10.0 Å². The molecule has 4 rings (SSSR count). The second-order valence-corrected chi connectivity index (χ2v) is 11.4. The smallest absolute Gasteiger partial charge is 0.260 e. The Morgan fingerprint density at radius 1 is 1.09 bits per heavy atom. The molecule has 3 aromatic rings. The van der Waals surface area contributed by atoms with Gasteiger partial charge in [0.25, 0.3) is 5.91 Å². The molecule has 1 fully saturated rings. The fourth-order valence-electron chi connectivity index (χ4n) is 3.89. The summed E-state index contributed by atoms with van der Waals surface area (Å²) in [6.45, 7) is 2.02. The highest BCUT2D eigenvalue weighted by Crippen LogP contribution is 2.32. The lowest BCUT2D eigenvalue weighted by Crippen LogP contribution is -2.33. The SMILES string of the molecule is CN(C)CCCN(C(=O)c1ccc(S(=O)(=O)N2CCCC2)cc1)c1nc2c(F)cc(F)cc2s1.Cl. The van der Waals surface area contributed by atoms with Crippen molar-refractivity contribution in [2.75, 3.05) is 45.2 Å². The molecule has 0 radical (unpaired) electrons. The number of amides is 1. The first-order chi connectivity index (χ1) is 16.2. The summed E-state index contributed by atoms with van der Waals surface area (Å²) < 4.78 is 55.2. The topological polar surface area (TPSA) is 73.8 Å². The Kier molecular flexibility index (Phi) is 8.81. The van der Waals surface area contributed by atoms with Crippen molar-refractivity contribution in [3.63, 3.8) is 0 Å². The minimum Gasteiger partial charge on any atom is -0.309 e. The molecule has 2 heterocycles. The first-order valence-corrected chi connectivity index (χ1v) is 13.2. The second kappa shape index (κ2) is 11.3. The minimum atomic E-state index is -3.59. The van der Waals surface area contributed by atoms with Crippen molar-refractivity contribution in [1.29, 1.82) is 0 Å². The van der Waals surface area contributed by atoms with Crippen molar-refractivity contribution >= 4 is 55.0 Å². The van der Waals surface area contributed by atoms with Crippen LogP contribution >= 0.6 is 23.7 Å². The standard InChI is InChI=1S/C23H26F2N4O3S2.ClH/c1-27(2)10-5-13-29(23-26-21-19(25)14-17(24)15-20(21)33-23)22(30)16-6-8-18(9-7-16)34(31,32)28-11-3-4-12-28;/h6-9,14-15H,3-5,10-13H2,1-2H3;1H. The van der Waals surface area contributed by atoms with E-state index < -0.39 is 21.7 Å². The predicted molar refractivity (Wildman–Crippen MR) is 136 cm³/mol. The summed E-state index contributed by atoms with van der Waals surface area (Å²) in [5, 5.41) is 0.261. The normalized spacial score (nSPS) is 14.4. The zero-order valence-electron chi connectivity index (χ0n) is 19.4. The Hall–Kier alpha value is -2.18. The molecule has 7 nitrogen and oxygen atoms in total. The van der Waals surface area contributed by atoms with Gasteiger partial charge in [0.15, 0.2) is 10.9 Å². The number of hydrogen-bond donors (Lipinski definition) is 0. The van der Waals surface area contributed by atoms with Crippen LogP contribution in [0.4, 0.5) is 13.9 Å². The van der Waals surface area contributed by atoms with Crippen LogP contribution in [0.5, 0.6) is 0 Å². The Morgan fingerprint density at radius 3 is 2.37 bits per heavy atom. The molecule has 1 aliphatic heterocycles. The third-order valence-electron chi connectivity index (χ3n) is 5.67. The van der Waals surface area contributed by atoms with Gasteiger partial charge in [-0.05, 0) is 70.2 Å². The van der Waals surface area contributed by atoms with Crippen molar-refractivity contribution in [3.8, 4) is 0 Å². The fraction of sp³-hybridized carbons (Fsp3) is 0.391. The average Bonchev–Trinajstić information content (AvgIpc) is 3.47. The van der Waals surface area contributed by atoms with E-state index in [0.717, 1.165) is 30.2 Å². The summed E-state index contributed by atoms with van der Waals surface area (Å²) in [5.41, 5.74) is 0.301. The largest absolute Gasteiger partial charge is 0.309 e. The number of thiazole rings is 1. The van der Waals surface area contributed by atoms with E-state index in [2.05, 4.69) is 4.98 Å². The van der Waals surface area contributed by atoms with Gasteiger partial charge in [-0.3, -0.25) is 9.69 Å². The van der Waals surface area contributed by atoms with Gasteiger partial charge < -0.3 is 4.90 Å². The van der Waals surface area contributed by atoms with E-state index in [4.69, 9.17) is 0 Å². The molecule has 0 unspecified atom stereocenters. The molecule has 0 atom stereocenters. The quantitative estimate of drug-likeness (QED) is 0.421. The third kappa shape index (κ3) is 5.97. The van der Waals surface area contributed by atoms with Gasteiger partial charge >= 0.3 is 0 Å². The van der Waals surface area contributed by atoms with Gasteiger partial charge in [-0.1, -0.05) is 11.3 Å². The highest BCUT2D eigenvalue weighted by Gasteiger charge is 2.28. The summed E-state index contributed by atoms with van der Waals surface area (Å²) in [4.78, 5) is 21.3. The van der Waals surface area contributed by atoms with Gasteiger partial charge in [-0.2, -0.15) is 4.31 Å². The number of aromatic nitrogens is 1. The highest BCUT2D eigenvalue weighted by atomic mass is 35.5. The fourth-order valence-corrected chi connectivity index (χ4v) is 6.44. The summed E-state index contributed by atoms with van der Waals surface area (Å²) in [5.74, 6) is -1.88. The van der Waals surface area contributed by atoms with E-state index >= 15 is 0 Å². The third-order valence-corrected chi connectivity index (χ3v) is 8.61. The summed E-state index contributed by atoms with van der Waals surface area (Å²) in [6, 6.07) is 7.80. The zero-order chi connectivity index (χ0) is 24.5. The van der Waals surface area contributed by atoms with Crippen LogP contribution in [0.1, 0.15) is 29.6 Å². The monoisotopic (exact) mass is 544 g/mol. The van der Waals surface area contributed by atoms with Gasteiger partial charge in [-0.25, -0.2) is 22.2 Å². The average molecular weight is 545 g/mol. The first-order valence-electron chi connectivity index (χ1n) is 11.0. The summed E-state index contributed by atoms with van der Waals surface area (Å²) in [6.07, 6.45) is 2.31. The molecule has 190 valence electrons. The Bertz CT molecular complexity index is 1290. The molecule has 1 saturated heterocycles. The van der Waals surface area contributed by atoms with Crippen molar-refractivity contribution < 1.29 is 22.0 Å². The number of fused-ring (bicyclic) bond motifs is 1. The Balaban J connectivity index is 0.00000342. The highest BCUT2D eigenvalue weighted by molar-refractivity contribution is 7.89. The van der Waals surface area contributed by atoms with Crippen LogP contribution in [0, 0.1) is 11.6 Å². The lowest BCUT2D eigenvalue weighted by Gasteiger charge is -2.21. The van der Waals surface area contributed by atoms with E-state index in [1.807, 2.05) is 19.0 Å². The van der Waals surface area contributed by atoms with E-state index in [1.165, 1.54) is 39.5 Å². The molecule has 1 aliphatic rings. The molecule has 35 heavy (non-hydrogen) atoms. The Morgan fingerprint density at radius 2 is 1.74 bits per heavy atom. The molecule has 0 spiro atoms. The van der Waals surface area contributed by atoms with Gasteiger partial charge in [-0.15, -0.1) is 12.4 Å². The second-order valence-electron chi connectivity index (χ2n) is 8.48. The maximum absolute atomic E-state index is 14.2. The molecular weight excluding hydrogens is 518 g/mol. The first kappa shape index (κ1) is 27.4. The van der Waals surface area contributed by atoms with Gasteiger partial charge in [0.2, 0.25) is 10.0 Å². The molecule has 1 aromatic heterocycles. The lowest BCUT2D eigenvalue weighted by molar-refractivity contribution is 0.0986. The number of benzene rings is 2. The Labute approximate surface area is 213 Å². The van der Waals surface area contributed by atoms with E-state index in [0.29, 0.717) is 37.3 Å². The zero-order valence-corrected chi connectivity index (χ0v) is 21.9. The van der Waals surface area contributed by atoms with Crippen LogP contribution in [-0.4, -0.2) is 68.8 Å². The number of hydrogen-bond acceptors (Lipinski definition) is 6. The maximum Gasteiger partial charge on any atom is 0.260 e. The number of rotatable bonds is 8. The number of sulfonamides is 1. The van der Waals surface area contributed by atoms with E-state index in [-0.39, 0.29) is 39.4 Å². The summed E-state index contributed by atoms with van der Waals surface area (Å²) >= 11 is 1.04. The molecule has 0 aliphatic carbocycles. The minimum absolute atomic E-state index is 0. The molecular formula is C23H27ClF2N4O3S2. The van der Waals surface area contributed by atoms with E-state index in [1.54, 1.807) is 0 Å². The molecule has 0 bridgehead atoms. The van der Waals surface area contributed by atoms with Crippen LogP contribution in [0.2, 0.25) is 0 Å². The maximum atomic E-state index is 14.2. The van der Waals surface area contributed by atoms with Crippen LogP contribution < -0.4 is 4.90 Å². The predicted octanol–water partition coefficient (Wildman–Crippen LogP) is 4.38. The number of carbonyl (C=O) groups is 1. The van der Waals surface area contributed by atoms with Gasteiger partial charge in [0, 0.05) is 31.3 Å². The number of halogens is 3. The molecule has 0 saturated carbocycles. The van der Waals surface area contributed by atoms with E-state index in [9.17, 15) is 22.0 Å². The molecule has 1 amide bonds. The lowest BCUT2D eigenvalue weighted by atomic mass is 10.2.